The Kier molecular flexibility index (Phi) is 3.37. The topological polar surface area (TPSA) is 70.0 Å². The average Bonchev–Trinajstić information content (AvgIpc) is 2.78. The van der Waals surface area contributed by atoms with Crippen molar-refractivity contribution in [1.82, 2.24) is 4.72 Å². The lowest BCUT2D eigenvalue weighted by Crippen LogP contribution is -2.44. The van der Waals surface area contributed by atoms with Gasteiger partial charge in [-0.25, -0.2) is 12.8 Å². The van der Waals surface area contributed by atoms with E-state index in [2.05, 4.69) is 10.8 Å². The summed E-state index contributed by atoms with van der Waals surface area (Å²) < 4.78 is 39.4. The van der Waals surface area contributed by atoms with Crippen LogP contribution in [0.3, 0.4) is 0 Å². The lowest BCUT2D eigenvalue weighted by Gasteiger charge is -2.21. The third kappa shape index (κ3) is 2.52. The Labute approximate surface area is 105 Å². The molecule has 0 bridgehead atoms. The molecule has 0 spiro atoms. The molecule has 4 nitrogen and oxygen atoms in total. The Balaban J connectivity index is 2.27. The minimum atomic E-state index is -3.77. The number of benzene rings is 1. The fourth-order valence-corrected chi connectivity index (χ4v) is 3.52. The average molecular weight is 268 g/mol. The summed E-state index contributed by atoms with van der Waals surface area (Å²) in [6.07, 6.45) is 2.70. The first-order valence-electron chi connectivity index (χ1n) is 5.68. The number of hydrogen-bond donors (Lipinski definition) is 1. The van der Waals surface area contributed by atoms with Crippen LogP contribution in [-0.2, 0) is 10.0 Å². The summed E-state index contributed by atoms with van der Waals surface area (Å²) in [6, 6.07) is 6.61. The van der Waals surface area contributed by atoms with Crippen LogP contribution in [0, 0.1) is 17.1 Å². The van der Waals surface area contributed by atoms with Gasteiger partial charge in [-0.3, -0.25) is 0 Å². The van der Waals surface area contributed by atoms with E-state index in [1.807, 2.05) is 0 Å². The second-order valence-electron chi connectivity index (χ2n) is 4.46. The van der Waals surface area contributed by atoms with Gasteiger partial charge in [0.15, 0.2) is 0 Å². The minimum Gasteiger partial charge on any atom is -0.207 e. The quantitative estimate of drug-likeness (QED) is 0.910. The summed E-state index contributed by atoms with van der Waals surface area (Å²) in [4.78, 5) is -0.0228. The molecule has 0 saturated heterocycles. The van der Waals surface area contributed by atoms with Gasteiger partial charge in [0.1, 0.15) is 11.4 Å². The molecule has 1 N–H and O–H groups in total. The number of nitriles is 1. The SMILES string of the molecule is N#CC1(NS(=O)(=O)c2ccc(F)cc2)CCCC1. The molecular weight excluding hydrogens is 255 g/mol. The standard InChI is InChI=1S/C12H13FN2O2S/c13-10-3-5-11(6-4-10)18(16,17)15-12(9-14)7-1-2-8-12/h3-6,15H,1-2,7-8H2. The molecule has 1 fully saturated rings. The molecular formula is C12H13FN2O2S. The van der Waals surface area contributed by atoms with Gasteiger partial charge < -0.3 is 0 Å². The van der Waals surface area contributed by atoms with Crippen molar-refractivity contribution in [2.45, 2.75) is 36.1 Å². The number of sulfonamides is 1. The number of halogens is 1. The van der Waals surface area contributed by atoms with Gasteiger partial charge in [0.2, 0.25) is 10.0 Å². The zero-order valence-corrected chi connectivity index (χ0v) is 10.5. The van der Waals surface area contributed by atoms with Gasteiger partial charge in [0.05, 0.1) is 11.0 Å². The van der Waals surface area contributed by atoms with Crippen LogP contribution >= 0.6 is 0 Å². The third-order valence-corrected chi connectivity index (χ3v) is 4.68. The van der Waals surface area contributed by atoms with E-state index in [9.17, 15) is 12.8 Å². The smallest absolute Gasteiger partial charge is 0.207 e. The largest absolute Gasteiger partial charge is 0.241 e. The van der Waals surface area contributed by atoms with Crippen LogP contribution < -0.4 is 4.72 Å². The van der Waals surface area contributed by atoms with Gasteiger partial charge >= 0.3 is 0 Å². The zero-order valence-electron chi connectivity index (χ0n) is 9.69. The Morgan fingerprint density at radius 2 is 1.78 bits per heavy atom. The fraction of sp³-hybridized carbons (Fsp3) is 0.417. The number of hydrogen-bond acceptors (Lipinski definition) is 3. The molecule has 0 atom stereocenters. The van der Waals surface area contributed by atoms with Gasteiger partial charge in [-0.2, -0.15) is 9.98 Å². The lowest BCUT2D eigenvalue weighted by molar-refractivity contribution is 0.485. The Bertz CT molecular complexity index is 569. The summed E-state index contributed by atoms with van der Waals surface area (Å²) in [5.41, 5.74) is -1.01. The maximum absolute atomic E-state index is 12.8. The lowest BCUT2D eigenvalue weighted by atomic mass is 10.0. The Morgan fingerprint density at radius 3 is 2.28 bits per heavy atom. The maximum atomic E-state index is 12.8. The summed E-state index contributed by atoms with van der Waals surface area (Å²) in [6.45, 7) is 0. The van der Waals surface area contributed by atoms with Crippen molar-refractivity contribution in [3.05, 3.63) is 30.1 Å². The van der Waals surface area contributed by atoms with Crippen molar-refractivity contribution >= 4 is 10.0 Å². The molecule has 1 aliphatic rings. The molecule has 0 radical (unpaired) electrons. The molecule has 6 heteroatoms. The minimum absolute atomic E-state index is 0.0228. The van der Waals surface area contributed by atoms with E-state index in [4.69, 9.17) is 5.26 Å². The van der Waals surface area contributed by atoms with Gasteiger partial charge in [-0.15, -0.1) is 0 Å². The Hall–Kier alpha value is -1.45. The molecule has 0 heterocycles. The van der Waals surface area contributed by atoms with Gasteiger partial charge in [-0.05, 0) is 37.1 Å². The van der Waals surface area contributed by atoms with Crippen LogP contribution in [0.5, 0.6) is 0 Å². The zero-order chi connectivity index (χ0) is 13.2. The van der Waals surface area contributed by atoms with Crippen molar-refractivity contribution in [3.63, 3.8) is 0 Å². The highest BCUT2D eigenvalue weighted by Gasteiger charge is 2.38. The van der Waals surface area contributed by atoms with E-state index in [1.54, 1.807) is 0 Å². The highest BCUT2D eigenvalue weighted by molar-refractivity contribution is 7.89. The summed E-state index contributed by atoms with van der Waals surface area (Å²) in [5.74, 6) is -0.496. The maximum Gasteiger partial charge on any atom is 0.241 e. The first-order chi connectivity index (χ1) is 8.47. The second kappa shape index (κ2) is 4.67. The molecule has 18 heavy (non-hydrogen) atoms. The van der Waals surface area contributed by atoms with Crippen LogP contribution in [0.15, 0.2) is 29.2 Å². The summed E-state index contributed by atoms with van der Waals surface area (Å²) in [7, 11) is -3.77. The van der Waals surface area contributed by atoms with E-state index >= 15 is 0 Å². The first-order valence-corrected chi connectivity index (χ1v) is 7.17. The van der Waals surface area contributed by atoms with Crippen molar-refractivity contribution < 1.29 is 12.8 Å². The van der Waals surface area contributed by atoms with Gasteiger partial charge in [0, 0.05) is 0 Å². The van der Waals surface area contributed by atoms with Crippen LogP contribution in [0.2, 0.25) is 0 Å². The molecule has 1 aliphatic carbocycles. The van der Waals surface area contributed by atoms with E-state index < -0.39 is 21.4 Å². The van der Waals surface area contributed by atoms with Crippen molar-refractivity contribution in [2.75, 3.05) is 0 Å². The monoisotopic (exact) mass is 268 g/mol. The Morgan fingerprint density at radius 1 is 1.22 bits per heavy atom. The highest BCUT2D eigenvalue weighted by Crippen LogP contribution is 2.30. The van der Waals surface area contributed by atoms with Crippen LogP contribution in [0.1, 0.15) is 25.7 Å². The number of nitrogens with one attached hydrogen (secondary N) is 1. The molecule has 1 aromatic rings. The predicted octanol–water partition coefficient (Wildman–Crippen LogP) is 1.94. The number of nitrogens with zero attached hydrogens (tertiary/aromatic N) is 1. The highest BCUT2D eigenvalue weighted by atomic mass is 32.2. The van der Waals surface area contributed by atoms with E-state index in [0.29, 0.717) is 12.8 Å². The van der Waals surface area contributed by atoms with Gasteiger partial charge in [-0.1, -0.05) is 12.8 Å². The van der Waals surface area contributed by atoms with Crippen LogP contribution in [0.4, 0.5) is 4.39 Å². The molecule has 0 unspecified atom stereocenters. The number of rotatable bonds is 3. The molecule has 0 aromatic heterocycles. The van der Waals surface area contributed by atoms with E-state index in [1.165, 1.54) is 12.1 Å². The molecule has 1 saturated carbocycles. The van der Waals surface area contributed by atoms with E-state index in [0.717, 1.165) is 25.0 Å². The first kappa shape index (κ1) is 13.0. The van der Waals surface area contributed by atoms with Crippen LogP contribution in [0.25, 0.3) is 0 Å². The molecule has 1 aromatic carbocycles. The van der Waals surface area contributed by atoms with Crippen LogP contribution in [-0.4, -0.2) is 14.0 Å². The molecule has 2 rings (SSSR count). The summed E-state index contributed by atoms with van der Waals surface area (Å²) in [5, 5.41) is 9.13. The van der Waals surface area contributed by atoms with Gasteiger partial charge in [0.25, 0.3) is 0 Å². The molecule has 96 valence electrons. The second-order valence-corrected chi connectivity index (χ2v) is 6.14. The van der Waals surface area contributed by atoms with Crippen molar-refractivity contribution in [2.24, 2.45) is 0 Å². The molecule has 0 amide bonds. The van der Waals surface area contributed by atoms with Crippen molar-refractivity contribution in [1.29, 1.82) is 5.26 Å². The molecule has 0 aliphatic heterocycles. The summed E-state index contributed by atoms with van der Waals surface area (Å²) >= 11 is 0. The fourth-order valence-electron chi connectivity index (χ4n) is 2.15. The predicted molar refractivity (Wildman–Crippen MR) is 63.5 cm³/mol. The van der Waals surface area contributed by atoms with E-state index in [-0.39, 0.29) is 4.90 Å². The van der Waals surface area contributed by atoms with Crippen molar-refractivity contribution in [3.8, 4) is 6.07 Å². The third-order valence-electron chi connectivity index (χ3n) is 3.12. The normalized spacial score (nSPS) is 18.4.